The number of aliphatic hydroxyl groups excluding tert-OH is 1. The lowest BCUT2D eigenvalue weighted by Crippen LogP contribution is -2.27. The molecule has 0 unspecified atom stereocenters. The standard InChI is InChI=1S/C17H33NO3S/c1-4-6-7-8-9-11-16(20)18-12-13-22-17(21)14(3)15(19)10-5-2/h14-15,19H,4-13H2,1-3H3,(H,18,20)/t14-,15+/m0/s1. The van der Waals surface area contributed by atoms with Crippen molar-refractivity contribution in [3.63, 3.8) is 0 Å². The van der Waals surface area contributed by atoms with Crippen LogP contribution in [0.3, 0.4) is 0 Å². The van der Waals surface area contributed by atoms with Crippen molar-refractivity contribution in [1.82, 2.24) is 5.32 Å². The van der Waals surface area contributed by atoms with Crippen LogP contribution in [0.25, 0.3) is 0 Å². The number of carbonyl (C=O) groups excluding carboxylic acids is 2. The zero-order valence-corrected chi connectivity index (χ0v) is 15.2. The molecule has 0 aromatic rings. The highest BCUT2D eigenvalue weighted by atomic mass is 32.2. The van der Waals surface area contributed by atoms with Crippen LogP contribution in [0.5, 0.6) is 0 Å². The molecule has 0 radical (unpaired) electrons. The van der Waals surface area contributed by atoms with Gasteiger partial charge in [-0.2, -0.15) is 0 Å². The second-order valence-corrected chi connectivity index (χ2v) is 6.93. The van der Waals surface area contributed by atoms with Crippen molar-refractivity contribution in [2.45, 2.75) is 78.2 Å². The van der Waals surface area contributed by atoms with E-state index in [9.17, 15) is 14.7 Å². The van der Waals surface area contributed by atoms with Crippen LogP contribution >= 0.6 is 11.8 Å². The van der Waals surface area contributed by atoms with Crippen LogP contribution in [0.2, 0.25) is 0 Å². The maximum absolute atomic E-state index is 11.9. The molecule has 0 aliphatic carbocycles. The summed E-state index contributed by atoms with van der Waals surface area (Å²) < 4.78 is 0. The second-order valence-electron chi connectivity index (χ2n) is 5.83. The van der Waals surface area contributed by atoms with Crippen molar-refractivity contribution < 1.29 is 14.7 Å². The van der Waals surface area contributed by atoms with E-state index in [1.54, 1.807) is 6.92 Å². The van der Waals surface area contributed by atoms with E-state index < -0.39 is 6.10 Å². The normalized spacial score (nSPS) is 13.6. The minimum Gasteiger partial charge on any atom is -0.392 e. The summed E-state index contributed by atoms with van der Waals surface area (Å²) in [6.45, 7) is 6.45. The first-order chi connectivity index (χ1) is 10.5. The number of nitrogens with one attached hydrogen (secondary N) is 1. The smallest absolute Gasteiger partial charge is 0.220 e. The SMILES string of the molecule is CCCCCCCC(=O)NCCSC(=O)[C@@H](C)[C@H](O)CCC. The molecule has 0 aromatic heterocycles. The number of carbonyl (C=O) groups is 2. The summed E-state index contributed by atoms with van der Waals surface area (Å²) in [5.41, 5.74) is 0. The Hall–Kier alpha value is -0.550. The van der Waals surface area contributed by atoms with Gasteiger partial charge in [0.25, 0.3) is 0 Å². The molecule has 0 aliphatic rings. The first kappa shape index (κ1) is 21.4. The molecule has 130 valence electrons. The number of unbranched alkanes of at least 4 members (excludes halogenated alkanes) is 4. The third-order valence-corrected chi connectivity index (χ3v) is 4.77. The van der Waals surface area contributed by atoms with Crippen molar-refractivity contribution in [2.24, 2.45) is 5.92 Å². The van der Waals surface area contributed by atoms with Crippen molar-refractivity contribution in [1.29, 1.82) is 0 Å². The van der Waals surface area contributed by atoms with Crippen LogP contribution in [0.15, 0.2) is 0 Å². The average Bonchev–Trinajstić information content (AvgIpc) is 2.50. The summed E-state index contributed by atoms with van der Waals surface area (Å²) >= 11 is 1.20. The highest BCUT2D eigenvalue weighted by molar-refractivity contribution is 8.13. The molecular formula is C17H33NO3S. The Bertz CT molecular complexity index is 310. The minimum atomic E-state index is -0.553. The lowest BCUT2D eigenvalue weighted by molar-refractivity contribution is -0.121. The van der Waals surface area contributed by atoms with Gasteiger partial charge in [0.05, 0.1) is 12.0 Å². The minimum absolute atomic E-state index is 0.00904. The fourth-order valence-corrected chi connectivity index (χ4v) is 2.98. The van der Waals surface area contributed by atoms with E-state index in [1.807, 2.05) is 6.92 Å². The summed E-state index contributed by atoms with van der Waals surface area (Å²) in [5, 5.41) is 12.6. The van der Waals surface area contributed by atoms with Gasteiger partial charge in [0, 0.05) is 18.7 Å². The van der Waals surface area contributed by atoms with E-state index in [4.69, 9.17) is 0 Å². The van der Waals surface area contributed by atoms with E-state index in [0.717, 1.165) is 19.3 Å². The second kappa shape index (κ2) is 14.1. The van der Waals surface area contributed by atoms with E-state index in [1.165, 1.54) is 31.0 Å². The Kier molecular flexibility index (Phi) is 13.7. The number of hydrogen-bond donors (Lipinski definition) is 2. The van der Waals surface area contributed by atoms with Crippen molar-refractivity contribution >= 4 is 22.8 Å². The molecule has 0 fully saturated rings. The van der Waals surface area contributed by atoms with Gasteiger partial charge in [-0.3, -0.25) is 9.59 Å². The summed E-state index contributed by atoms with van der Waals surface area (Å²) in [5.74, 6) is 0.312. The molecule has 0 spiro atoms. The quantitative estimate of drug-likeness (QED) is 0.507. The Balaban J connectivity index is 3.62. The molecule has 0 aromatic carbocycles. The predicted octanol–water partition coefficient (Wildman–Crippen LogP) is 3.52. The van der Waals surface area contributed by atoms with Crippen LogP contribution < -0.4 is 5.32 Å². The lowest BCUT2D eigenvalue weighted by Gasteiger charge is -2.16. The van der Waals surface area contributed by atoms with E-state index >= 15 is 0 Å². The van der Waals surface area contributed by atoms with Gasteiger partial charge in [-0.1, -0.05) is 64.6 Å². The van der Waals surface area contributed by atoms with Crippen LogP contribution in [-0.4, -0.2) is 34.5 Å². The highest BCUT2D eigenvalue weighted by Gasteiger charge is 2.21. The molecule has 0 rings (SSSR count). The van der Waals surface area contributed by atoms with Gasteiger partial charge in [0.1, 0.15) is 0 Å². The molecule has 5 heteroatoms. The predicted molar refractivity (Wildman–Crippen MR) is 93.9 cm³/mol. The van der Waals surface area contributed by atoms with Gasteiger partial charge in [0.2, 0.25) is 5.91 Å². The van der Waals surface area contributed by atoms with Crippen LogP contribution in [0.1, 0.15) is 72.1 Å². The van der Waals surface area contributed by atoms with E-state index in [-0.39, 0.29) is 16.9 Å². The first-order valence-electron chi connectivity index (χ1n) is 8.64. The number of aliphatic hydroxyl groups is 1. The van der Waals surface area contributed by atoms with Crippen molar-refractivity contribution in [3.8, 4) is 0 Å². The maximum atomic E-state index is 11.9. The summed E-state index contributed by atoms with van der Waals surface area (Å²) in [6, 6.07) is 0. The number of amides is 1. The topological polar surface area (TPSA) is 66.4 Å². The van der Waals surface area contributed by atoms with Gasteiger partial charge >= 0.3 is 0 Å². The molecule has 0 aliphatic heterocycles. The lowest BCUT2D eigenvalue weighted by atomic mass is 10.0. The van der Waals surface area contributed by atoms with Gasteiger partial charge in [-0.25, -0.2) is 0 Å². The fraction of sp³-hybridized carbons (Fsp3) is 0.882. The molecular weight excluding hydrogens is 298 g/mol. The van der Waals surface area contributed by atoms with Crippen LogP contribution in [0, 0.1) is 5.92 Å². The largest absolute Gasteiger partial charge is 0.392 e. The zero-order chi connectivity index (χ0) is 16.8. The van der Waals surface area contributed by atoms with Gasteiger partial charge < -0.3 is 10.4 Å². The van der Waals surface area contributed by atoms with Crippen LogP contribution in [0.4, 0.5) is 0 Å². The van der Waals surface area contributed by atoms with Gasteiger partial charge in [-0.15, -0.1) is 0 Å². The Morgan fingerprint density at radius 3 is 2.41 bits per heavy atom. The molecule has 2 atom stereocenters. The summed E-state index contributed by atoms with van der Waals surface area (Å²) in [4.78, 5) is 23.5. The molecule has 0 saturated heterocycles. The Labute approximate surface area is 139 Å². The molecule has 22 heavy (non-hydrogen) atoms. The first-order valence-corrected chi connectivity index (χ1v) is 9.62. The maximum Gasteiger partial charge on any atom is 0.220 e. The molecule has 4 nitrogen and oxygen atoms in total. The molecule has 0 heterocycles. The highest BCUT2D eigenvalue weighted by Crippen LogP contribution is 2.17. The number of thioether (sulfide) groups is 1. The van der Waals surface area contributed by atoms with Gasteiger partial charge in [0.15, 0.2) is 5.12 Å². The third kappa shape index (κ3) is 11.1. The Morgan fingerprint density at radius 2 is 1.77 bits per heavy atom. The fourth-order valence-electron chi connectivity index (χ4n) is 2.15. The number of hydrogen-bond acceptors (Lipinski definition) is 4. The van der Waals surface area contributed by atoms with Gasteiger partial charge in [-0.05, 0) is 12.8 Å². The summed E-state index contributed by atoms with van der Waals surface area (Å²) in [7, 11) is 0. The van der Waals surface area contributed by atoms with Crippen molar-refractivity contribution in [3.05, 3.63) is 0 Å². The Morgan fingerprint density at radius 1 is 1.09 bits per heavy atom. The molecule has 0 bridgehead atoms. The van der Waals surface area contributed by atoms with Crippen LogP contribution in [-0.2, 0) is 9.59 Å². The number of rotatable bonds is 13. The molecule has 1 amide bonds. The molecule has 0 saturated carbocycles. The average molecular weight is 332 g/mol. The third-order valence-electron chi connectivity index (χ3n) is 3.71. The van der Waals surface area contributed by atoms with Crippen molar-refractivity contribution in [2.75, 3.05) is 12.3 Å². The van der Waals surface area contributed by atoms with E-state index in [2.05, 4.69) is 12.2 Å². The zero-order valence-electron chi connectivity index (χ0n) is 14.4. The van der Waals surface area contributed by atoms with E-state index in [0.29, 0.717) is 25.1 Å². The monoisotopic (exact) mass is 331 g/mol. The summed E-state index contributed by atoms with van der Waals surface area (Å²) in [6.07, 6.45) is 7.26. The molecule has 2 N–H and O–H groups in total.